The standard InChI is InChI=1S/C14H21N/c1-3-4-12-5-7-13(8-6-12)11(2)15-14-9-10-14/h5-8,11,14-15H,3-4,9-10H2,1-2H3/t11-/m1/s1. The van der Waals surface area contributed by atoms with Crippen LogP contribution in [0.15, 0.2) is 24.3 Å². The first-order valence-corrected chi connectivity index (χ1v) is 6.14. The average molecular weight is 203 g/mol. The lowest BCUT2D eigenvalue weighted by Crippen LogP contribution is -2.20. The molecule has 1 aliphatic rings. The molecule has 1 atom stereocenters. The van der Waals surface area contributed by atoms with Gasteiger partial charge in [-0.25, -0.2) is 0 Å². The van der Waals surface area contributed by atoms with Crippen LogP contribution < -0.4 is 5.32 Å². The van der Waals surface area contributed by atoms with Crippen molar-refractivity contribution in [2.45, 2.75) is 51.6 Å². The van der Waals surface area contributed by atoms with Gasteiger partial charge in [0.1, 0.15) is 0 Å². The van der Waals surface area contributed by atoms with Crippen molar-refractivity contribution in [1.82, 2.24) is 5.32 Å². The molecule has 0 spiro atoms. The van der Waals surface area contributed by atoms with Crippen LogP contribution in [0.1, 0.15) is 50.3 Å². The number of aryl methyl sites for hydroxylation is 1. The molecule has 2 rings (SSSR count). The fourth-order valence-electron chi connectivity index (χ4n) is 1.96. The third-order valence-corrected chi connectivity index (χ3v) is 3.08. The number of nitrogens with one attached hydrogen (secondary N) is 1. The SMILES string of the molecule is CCCc1ccc([C@@H](C)NC2CC2)cc1. The Kier molecular flexibility index (Phi) is 3.42. The maximum atomic E-state index is 3.62. The third-order valence-electron chi connectivity index (χ3n) is 3.08. The van der Waals surface area contributed by atoms with Crippen molar-refractivity contribution in [1.29, 1.82) is 0 Å². The van der Waals surface area contributed by atoms with E-state index in [1.54, 1.807) is 0 Å². The highest BCUT2D eigenvalue weighted by atomic mass is 15.0. The van der Waals surface area contributed by atoms with Crippen molar-refractivity contribution in [3.63, 3.8) is 0 Å². The summed E-state index contributed by atoms with van der Waals surface area (Å²) < 4.78 is 0. The number of hydrogen-bond acceptors (Lipinski definition) is 1. The molecule has 1 aromatic carbocycles. The normalized spacial score (nSPS) is 17.7. The molecule has 0 aromatic heterocycles. The first kappa shape index (κ1) is 10.7. The van der Waals surface area contributed by atoms with E-state index in [0.29, 0.717) is 6.04 Å². The quantitative estimate of drug-likeness (QED) is 0.773. The van der Waals surface area contributed by atoms with E-state index in [0.717, 1.165) is 6.04 Å². The van der Waals surface area contributed by atoms with Crippen LogP contribution in [-0.4, -0.2) is 6.04 Å². The van der Waals surface area contributed by atoms with Gasteiger partial charge in [-0.3, -0.25) is 0 Å². The largest absolute Gasteiger partial charge is 0.307 e. The molecule has 15 heavy (non-hydrogen) atoms. The summed E-state index contributed by atoms with van der Waals surface area (Å²) in [4.78, 5) is 0. The van der Waals surface area contributed by atoms with Gasteiger partial charge >= 0.3 is 0 Å². The van der Waals surface area contributed by atoms with Crippen molar-refractivity contribution in [3.05, 3.63) is 35.4 Å². The topological polar surface area (TPSA) is 12.0 Å². The predicted molar refractivity (Wildman–Crippen MR) is 65.0 cm³/mol. The second-order valence-corrected chi connectivity index (χ2v) is 4.65. The first-order chi connectivity index (χ1) is 7.29. The third kappa shape index (κ3) is 3.07. The molecule has 0 unspecified atom stereocenters. The van der Waals surface area contributed by atoms with Gasteiger partial charge in [0.15, 0.2) is 0 Å². The van der Waals surface area contributed by atoms with Crippen LogP contribution in [0.3, 0.4) is 0 Å². The minimum Gasteiger partial charge on any atom is -0.307 e. The molecule has 0 bridgehead atoms. The minimum atomic E-state index is 0.508. The Hall–Kier alpha value is -0.820. The number of rotatable bonds is 5. The summed E-state index contributed by atoms with van der Waals surface area (Å²) in [5, 5.41) is 3.62. The Balaban J connectivity index is 1.95. The van der Waals surface area contributed by atoms with E-state index in [1.807, 2.05) is 0 Å². The fraction of sp³-hybridized carbons (Fsp3) is 0.571. The highest BCUT2D eigenvalue weighted by molar-refractivity contribution is 5.25. The summed E-state index contributed by atoms with van der Waals surface area (Å²) in [5.74, 6) is 0. The van der Waals surface area contributed by atoms with Crippen molar-refractivity contribution < 1.29 is 0 Å². The Bertz CT molecular complexity index is 298. The van der Waals surface area contributed by atoms with Crippen LogP contribution in [0.2, 0.25) is 0 Å². The highest BCUT2D eigenvalue weighted by Crippen LogP contribution is 2.24. The van der Waals surface area contributed by atoms with E-state index < -0.39 is 0 Å². The monoisotopic (exact) mass is 203 g/mol. The average Bonchev–Trinajstić information content (AvgIpc) is 3.03. The first-order valence-electron chi connectivity index (χ1n) is 6.14. The predicted octanol–water partition coefficient (Wildman–Crippen LogP) is 3.45. The van der Waals surface area contributed by atoms with Crippen LogP contribution in [0.5, 0.6) is 0 Å². The van der Waals surface area contributed by atoms with Crippen LogP contribution in [-0.2, 0) is 6.42 Å². The van der Waals surface area contributed by atoms with Crippen molar-refractivity contribution in [3.8, 4) is 0 Å². The smallest absolute Gasteiger partial charge is 0.0294 e. The zero-order valence-electron chi connectivity index (χ0n) is 9.79. The number of hydrogen-bond donors (Lipinski definition) is 1. The summed E-state index contributed by atoms with van der Waals surface area (Å²) in [7, 11) is 0. The molecular formula is C14H21N. The van der Waals surface area contributed by atoms with Gasteiger partial charge in [0.2, 0.25) is 0 Å². The Morgan fingerprint density at radius 1 is 1.27 bits per heavy atom. The van der Waals surface area contributed by atoms with Gasteiger partial charge in [0.25, 0.3) is 0 Å². The molecule has 1 aliphatic carbocycles. The molecular weight excluding hydrogens is 182 g/mol. The van der Waals surface area contributed by atoms with Gasteiger partial charge in [-0.2, -0.15) is 0 Å². The molecule has 1 heteroatoms. The molecule has 1 aromatic rings. The zero-order chi connectivity index (χ0) is 10.7. The molecule has 0 heterocycles. The van der Waals surface area contributed by atoms with Crippen molar-refractivity contribution >= 4 is 0 Å². The Labute approximate surface area is 92.9 Å². The van der Waals surface area contributed by atoms with Gasteiger partial charge in [-0.05, 0) is 37.3 Å². The van der Waals surface area contributed by atoms with Crippen molar-refractivity contribution in [2.24, 2.45) is 0 Å². The van der Waals surface area contributed by atoms with E-state index in [9.17, 15) is 0 Å². The second kappa shape index (κ2) is 4.80. The summed E-state index contributed by atoms with van der Waals surface area (Å²) in [6, 6.07) is 10.4. The lowest BCUT2D eigenvalue weighted by Gasteiger charge is -2.13. The second-order valence-electron chi connectivity index (χ2n) is 4.65. The molecule has 1 saturated carbocycles. The van der Waals surface area contributed by atoms with Crippen LogP contribution in [0, 0.1) is 0 Å². The van der Waals surface area contributed by atoms with Gasteiger partial charge in [-0.15, -0.1) is 0 Å². The maximum absolute atomic E-state index is 3.62. The number of benzene rings is 1. The van der Waals surface area contributed by atoms with Gasteiger partial charge < -0.3 is 5.32 Å². The summed E-state index contributed by atoms with van der Waals surface area (Å²) >= 11 is 0. The summed E-state index contributed by atoms with van der Waals surface area (Å²) in [6.45, 7) is 4.48. The van der Waals surface area contributed by atoms with Gasteiger partial charge in [0.05, 0.1) is 0 Å². The Morgan fingerprint density at radius 2 is 1.93 bits per heavy atom. The zero-order valence-corrected chi connectivity index (χ0v) is 9.79. The molecule has 0 amide bonds. The molecule has 1 N–H and O–H groups in total. The summed E-state index contributed by atoms with van der Waals surface area (Å²) in [5.41, 5.74) is 2.88. The van der Waals surface area contributed by atoms with E-state index in [-0.39, 0.29) is 0 Å². The van der Waals surface area contributed by atoms with E-state index in [4.69, 9.17) is 0 Å². The lowest BCUT2D eigenvalue weighted by atomic mass is 10.0. The minimum absolute atomic E-state index is 0.508. The van der Waals surface area contributed by atoms with Crippen LogP contribution in [0.25, 0.3) is 0 Å². The highest BCUT2D eigenvalue weighted by Gasteiger charge is 2.22. The lowest BCUT2D eigenvalue weighted by molar-refractivity contribution is 0.571. The molecule has 1 nitrogen and oxygen atoms in total. The Morgan fingerprint density at radius 3 is 2.47 bits per heavy atom. The molecule has 82 valence electrons. The van der Waals surface area contributed by atoms with Crippen LogP contribution in [0.4, 0.5) is 0 Å². The molecule has 0 aliphatic heterocycles. The van der Waals surface area contributed by atoms with Gasteiger partial charge in [-0.1, -0.05) is 37.6 Å². The van der Waals surface area contributed by atoms with E-state index in [2.05, 4.69) is 43.4 Å². The molecule has 0 radical (unpaired) electrons. The molecule has 0 saturated heterocycles. The summed E-state index contributed by atoms with van der Waals surface area (Å²) in [6.07, 6.45) is 5.15. The maximum Gasteiger partial charge on any atom is 0.0294 e. The van der Waals surface area contributed by atoms with Crippen LogP contribution >= 0.6 is 0 Å². The van der Waals surface area contributed by atoms with Crippen molar-refractivity contribution in [2.75, 3.05) is 0 Å². The van der Waals surface area contributed by atoms with E-state index in [1.165, 1.54) is 36.8 Å². The van der Waals surface area contributed by atoms with E-state index >= 15 is 0 Å². The van der Waals surface area contributed by atoms with Gasteiger partial charge in [0, 0.05) is 12.1 Å². The molecule has 1 fully saturated rings. The fourth-order valence-corrected chi connectivity index (χ4v) is 1.96.